The lowest BCUT2D eigenvalue weighted by Gasteiger charge is -2.63. The molecule has 35 heavy (non-hydrogen) atoms. The first-order chi connectivity index (χ1) is 16.5. The van der Waals surface area contributed by atoms with Crippen molar-refractivity contribution in [1.29, 1.82) is 0 Å². The monoisotopic (exact) mass is 486 g/mol. The molecule has 0 aromatic carbocycles. The van der Waals surface area contributed by atoms with E-state index in [0.717, 1.165) is 49.8 Å². The molecule has 4 N–H and O–H groups in total. The number of urea groups is 2. The van der Waals surface area contributed by atoms with Crippen molar-refractivity contribution in [2.45, 2.75) is 75.8 Å². The molecule has 3 saturated carbocycles. The Bertz CT molecular complexity index is 1030. The van der Waals surface area contributed by atoms with E-state index >= 15 is 0 Å². The Balaban J connectivity index is 1.29. The Morgan fingerprint density at radius 3 is 2.09 bits per heavy atom. The van der Waals surface area contributed by atoms with E-state index in [1.54, 1.807) is 11.9 Å². The van der Waals surface area contributed by atoms with E-state index in [1.165, 1.54) is 16.8 Å². The van der Waals surface area contributed by atoms with Gasteiger partial charge in [0, 0.05) is 26.7 Å². The fourth-order valence-corrected chi connectivity index (χ4v) is 6.90. The Morgan fingerprint density at radius 2 is 1.54 bits per heavy atom. The number of rotatable bonds is 3. The summed E-state index contributed by atoms with van der Waals surface area (Å²) >= 11 is 0. The molecule has 0 aromatic heterocycles. The van der Waals surface area contributed by atoms with Gasteiger partial charge < -0.3 is 16.4 Å². The number of amides is 7. The fourth-order valence-electron chi connectivity index (χ4n) is 6.90. The Morgan fingerprint density at radius 1 is 0.914 bits per heavy atom. The minimum absolute atomic E-state index is 0.0177. The molecular weight excluding hydrogens is 452 g/mol. The van der Waals surface area contributed by atoms with Crippen LogP contribution in [0.3, 0.4) is 0 Å². The van der Waals surface area contributed by atoms with E-state index in [9.17, 15) is 24.0 Å². The molecule has 11 nitrogen and oxygen atoms in total. The van der Waals surface area contributed by atoms with Crippen LogP contribution in [-0.4, -0.2) is 81.6 Å². The molecule has 2 saturated heterocycles. The molecule has 11 heteroatoms. The third-order valence-electron chi connectivity index (χ3n) is 9.21. The van der Waals surface area contributed by atoms with E-state index in [-0.39, 0.29) is 47.3 Å². The lowest BCUT2D eigenvalue weighted by Crippen LogP contribution is -2.70. The van der Waals surface area contributed by atoms with Crippen molar-refractivity contribution in [3.8, 4) is 0 Å². The van der Waals surface area contributed by atoms with Crippen LogP contribution in [0.5, 0.6) is 0 Å². The van der Waals surface area contributed by atoms with Crippen molar-refractivity contribution in [3.05, 3.63) is 11.4 Å². The van der Waals surface area contributed by atoms with Crippen molar-refractivity contribution < 1.29 is 24.0 Å². The maximum absolute atomic E-state index is 13.3. The van der Waals surface area contributed by atoms with Gasteiger partial charge in [-0.2, -0.15) is 0 Å². The molecular formula is C24H34N6O5. The zero-order chi connectivity index (χ0) is 25.3. The minimum atomic E-state index is -0.706. The number of hydrogen-bond acceptors (Lipinski definition) is 7. The molecule has 0 radical (unpaired) electrons. The summed E-state index contributed by atoms with van der Waals surface area (Å²) in [4.78, 5) is 69.5. The number of carbonyl (C=O) groups excluding carboxylic acids is 5. The molecule has 2 spiro atoms. The van der Waals surface area contributed by atoms with Crippen molar-refractivity contribution in [2.24, 2.45) is 22.8 Å². The Hall–Kier alpha value is -3.11. The van der Waals surface area contributed by atoms with E-state index in [4.69, 9.17) is 11.5 Å². The number of hydrogen-bond donors (Lipinski definition) is 2. The molecule has 5 rings (SSSR count). The quantitative estimate of drug-likeness (QED) is 0.447. The summed E-state index contributed by atoms with van der Waals surface area (Å²) in [7, 11) is 3.27. The van der Waals surface area contributed by atoms with Crippen LogP contribution in [0.2, 0.25) is 0 Å². The van der Waals surface area contributed by atoms with Crippen molar-refractivity contribution in [1.82, 2.24) is 19.6 Å². The number of nitrogens with two attached hydrogens (primary N) is 2. The van der Waals surface area contributed by atoms with Crippen LogP contribution in [0.4, 0.5) is 9.59 Å². The molecule has 190 valence electrons. The van der Waals surface area contributed by atoms with E-state index in [1.807, 2.05) is 0 Å². The third-order valence-corrected chi connectivity index (χ3v) is 9.21. The first-order valence-electron chi connectivity index (χ1n) is 12.5. The number of imide groups is 3. The molecule has 5 fully saturated rings. The van der Waals surface area contributed by atoms with Crippen LogP contribution in [0.25, 0.3) is 0 Å². The highest BCUT2D eigenvalue weighted by molar-refractivity contribution is 6.29. The summed E-state index contributed by atoms with van der Waals surface area (Å²) in [6.07, 6.45) is 7.52. The van der Waals surface area contributed by atoms with Gasteiger partial charge in [-0.25, -0.2) is 9.59 Å². The van der Waals surface area contributed by atoms with Gasteiger partial charge in [0.15, 0.2) is 0 Å². The van der Waals surface area contributed by atoms with Gasteiger partial charge in [0.05, 0.1) is 12.0 Å². The molecule has 2 heterocycles. The highest BCUT2D eigenvalue weighted by Gasteiger charge is 2.62. The summed E-state index contributed by atoms with van der Waals surface area (Å²) in [5.41, 5.74) is 10.7. The molecule has 2 aliphatic heterocycles. The second kappa shape index (κ2) is 7.96. The normalized spacial score (nSPS) is 34.2. The molecule has 3 aliphatic carbocycles. The maximum atomic E-state index is 13.3. The van der Waals surface area contributed by atoms with Crippen LogP contribution in [-0.2, 0) is 14.4 Å². The van der Waals surface area contributed by atoms with Crippen molar-refractivity contribution in [3.63, 3.8) is 0 Å². The van der Waals surface area contributed by atoms with Gasteiger partial charge in [0.2, 0.25) is 5.91 Å². The van der Waals surface area contributed by atoms with Gasteiger partial charge in [0.1, 0.15) is 11.4 Å². The van der Waals surface area contributed by atoms with Gasteiger partial charge in [-0.15, -0.1) is 0 Å². The third kappa shape index (κ3) is 3.49. The average Bonchev–Trinajstić information content (AvgIpc) is 2.75. The lowest BCUT2D eigenvalue weighted by molar-refractivity contribution is -0.151. The SMILES string of the molecule is CN1C(=O)CC2(CC3(CCC(N4C(=O)C(=C(N)N)C(=O)N(CC5CCC5)C4=O)CC3)C2)N(C)C1=O. The van der Waals surface area contributed by atoms with E-state index in [2.05, 4.69) is 0 Å². The highest BCUT2D eigenvalue weighted by Crippen LogP contribution is 2.61. The summed E-state index contributed by atoms with van der Waals surface area (Å²) in [6.45, 7) is 0.278. The molecule has 0 aromatic rings. The summed E-state index contributed by atoms with van der Waals surface area (Å²) in [6, 6.07) is -1.19. The van der Waals surface area contributed by atoms with E-state index in [0.29, 0.717) is 19.3 Å². The van der Waals surface area contributed by atoms with E-state index < -0.39 is 23.4 Å². The molecule has 0 atom stereocenters. The maximum Gasteiger partial charge on any atom is 0.334 e. The predicted octanol–water partition coefficient (Wildman–Crippen LogP) is 1.08. The molecule has 0 bridgehead atoms. The van der Waals surface area contributed by atoms with Crippen LogP contribution in [0.15, 0.2) is 11.4 Å². The fraction of sp³-hybridized carbons (Fsp3) is 0.708. The summed E-state index contributed by atoms with van der Waals surface area (Å²) < 4.78 is 0. The second-order valence-electron chi connectivity index (χ2n) is 11.3. The molecule has 5 aliphatic rings. The molecule has 0 unspecified atom stereocenters. The van der Waals surface area contributed by atoms with Gasteiger partial charge >= 0.3 is 12.1 Å². The Labute approximate surface area is 204 Å². The van der Waals surface area contributed by atoms with Gasteiger partial charge in [-0.05, 0) is 62.7 Å². The number of barbiturate groups is 1. The van der Waals surface area contributed by atoms with Crippen LogP contribution in [0.1, 0.15) is 64.2 Å². The largest absolute Gasteiger partial charge is 0.385 e. The highest BCUT2D eigenvalue weighted by atomic mass is 16.2. The second-order valence-corrected chi connectivity index (χ2v) is 11.3. The zero-order valence-electron chi connectivity index (χ0n) is 20.4. The summed E-state index contributed by atoms with van der Waals surface area (Å²) in [5.74, 6) is -1.67. The number of carbonyl (C=O) groups is 5. The van der Waals surface area contributed by atoms with Gasteiger partial charge in [-0.3, -0.25) is 29.1 Å². The summed E-state index contributed by atoms with van der Waals surface area (Å²) in [5, 5.41) is 0. The van der Waals surface area contributed by atoms with Crippen molar-refractivity contribution >= 4 is 29.8 Å². The van der Waals surface area contributed by atoms with Crippen LogP contribution in [0, 0.1) is 11.3 Å². The lowest BCUT2D eigenvalue weighted by atomic mass is 9.50. The number of nitrogens with zero attached hydrogens (tertiary/aromatic N) is 4. The first-order valence-corrected chi connectivity index (χ1v) is 12.5. The Kier molecular flexibility index (Phi) is 5.37. The van der Waals surface area contributed by atoms with Crippen LogP contribution >= 0.6 is 0 Å². The zero-order valence-corrected chi connectivity index (χ0v) is 20.4. The average molecular weight is 487 g/mol. The predicted molar refractivity (Wildman–Crippen MR) is 124 cm³/mol. The standard InChI is InChI=1S/C24H34N6O5/c1-27-16(31)10-24(28(2)21(27)34)12-23(13-24)8-6-15(7-9-23)30-20(33)17(18(25)26)19(32)29(22(30)35)11-14-4-3-5-14/h14-15H,3-13,25-26H2,1-2H3. The van der Waals surface area contributed by atoms with Gasteiger partial charge in [-0.1, -0.05) is 6.42 Å². The minimum Gasteiger partial charge on any atom is -0.385 e. The van der Waals surface area contributed by atoms with Crippen LogP contribution < -0.4 is 11.5 Å². The molecule has 7 amide bonds. The smallest absolute Gasteiger partial charge is 0.334 e. The topological polar surface area (TPSA) is 150 Å². The first kappa shape index (κ1) is 23.6. The van der Waals surface area contributed by atoms with Crippen molar-refractivity contribution in [2.75, 3.05) is 20.6 Å². The van der Waals surface area contributed by atoms with Gasteiger partial charge in [0.25, 0.3) is 11.8 Å².